The first kappa shape index (κ1) is 20.4. The Morgan fingerprint density at radius 1 is 1.04 bits per heavy atom. The Morgan fingerprint density at radius 3 is 2.32 bits per heavy atom. The summed E-state index contributed by atoms with van der Waals surface area (Å²) in [6.45, 7) is 6.75. The maximum absolute atomic E-state index is 13.2. The molecule has 2 aromatic rings. The number of carbonyl (C=O) groups excluding carboxylic acids is 1. The van der Waals surface area contributed by atoms with Crippen LogP contribution in [0.15, 0.2) is 66.2 Å². The number of hydrogen-bond acceptors (Lipinski definition) is 2. The predicted molar refractivity (Wildman–Crippen MR) is 116 cm³/mol. The molecule has 3 atom stereocenters. The van der Waals surface area contributed by atoms with Crippen LogP contribution in [0.1, 0.15) is 51.2 Å². The van der Waals surface area contributed by atoms with Crippen molar-refractivity contribution in [3.05, 3.63) is 77.4 Å². The summed E-state index contributed by atoms with van der Waals surface area (Å²) < 4.78 is 6.14. The fourth-order valence-corrected chi connectivity index (χ4v) is 4.21. The molecule has 2 nitrogen and oxygen atoms in total. The van der Waals surface area contributed by atoms with E-state index in [4.69, 9.17) is 4.74 Å². The predicted octanol–water partition coefficient (Wildman–Crippen LogP) is 6.32. The van der Waals surface area contributed by atoms with Crippen LogP contribution in [-0.2, 0) is 16.0 Å². The zero-order chi connectivity index (χ0) is 19.9. The highest BCUT2D eigenvalue weighted by Gasteiger charge is 2.33. The molecule has 2 aromatic carbocycles. The molecule has 148 valence electrons. The second-order valence-electron chi connectivity index (χ2n) is 8.51. The van der Waals surface area contributed by atoms with E-state index in [0.717, 1.165) is 29.5 Å². The first-order chi connectivity index (χ1) is 13.5. The monoisotopic (exact) mass is 376 g/mol. The van der Waals surface area contributed by atoms with Crippen molar-refractivity contribution in [2.45, 2.75) is 52.6 Å². The van der Waals surface area contributed by atoms with E-state index in [0.29, 0.717) is 24.2 Å². The molecule has 0 saturated heterocycles. The Bertz CT molecular complexity index is 777. The normalized spacial score (nSPS) is 22.9. The Labute approximate surface area is 169 Å². The molecule has 28 heavy (non-hydrogen) atoms. The SMILES string of the molecule is CC(C)[C@H]1CC[C@H](C)C[C@H]1OC(=O)C(=Cc1ccccc1)Cc1ccccc1. The van der Waals surface area contributed by atoms with Crippen LogP contribution in [0.25, 0.3) is 6.08 Å². The Kier molecular flexibility index (Phi) is 7.08. The van der Waals surface area contributed by atoms with Crippen molar-refractivity contribution in [2.75, 3.05) is 0 Å². The van der Waals surface area contributed by atoms with Gasteiger partial charge in [0.2, 0.25) is 0 Å². The smallest absolute Gasteiger partial charge is 0.334 e. The minimum Gasteiger partial charge on any atom is -0.459 e. The lowest BCUT2D eigenvalue weighted by atomic mass is 9.75. The molecule has 1 aliphatic rings. The third kappa shape index (κ3) is 5.58. The van der Waals surface area contributed by atoms with E-state index >= 15 is 0 Å². The van der Waals surface area contributed by atoms with Gasteiger partial charge in [-0.05, 0) is 47.8 Å². The molecular formula is C26H32O2. The molecule has 0 bridgehead atoms. The molecule has 0 radical (unpaired) electrons. The van der Waals surface area contributed by atoms with Crippen molar-refractivity contribution >= 4 is 12.0 Å². The van der Waals surface area contributed by atoms with Gasteiger partial charge in [0, 0.05) is 12.0 Å². The second kappa shape index (κ2) is 9.73. The molecule has 3 rings (SSSR count). The molecule has 0 unspecified atom stereocenters. The van der Waals surface area contributed by atoms with Gasteiger partial charge < -0.3 is 4.74 Å². The van der Waals surface area contributed by atoms with Gasteiger partial charge in [0.05, 0.1) is 0 Å². The number of hydrogen-bond donors (Lipinski definition) is 0. The summed E-state index contributed by atoms with van der Waals surface area (Å²) in [6.07, 6.45) is 5.93. The molecule has 0 spiro atoms. The maximum atomic E-state index is 13.2. The van der Waals surface area contributed by atoms with Crippen molar-refractivity contribution in [1.82, 2.24) is 0 Å². The van der Waals surface area contributed by atoms with E-state index in [2.05, 4.69) is 32.9 Å². The van der Waals surface area contributed by atoms with Gasteiger partial charge in [-0.3, -0.25) is 0 Å². The van der Waals surface area contributed by atoms with Crippen LogP contribution < -0.4 is 0 Å². The highest BCUT2D eigenvalue weighted by molar-refractivity contribution is 5.94. The van der Waals surface area contributed by atoms with Crippen molar-refractivity contribution in [1.29, 1.82) is 0 Å². The zero-order valence-corrected chi connectivity index (χ0v) is 17.3. The molecule has 0 aromatic heterocycles. The summed E-state index contributed by atoms with van der Waals surface area (Å²) >= 11 is 0. The minimum absolute atomic E-state index is 0.0196. The topological polar surface area (TPSA) is 26.3 Å². The number of ether oxygens (including phenoxy) is 1. The first-order valence-electron chi connectivity index (χ1n) is 10.5. The van der Waals surface area contributed by atoms with Crippen LogP contribution in [-0.4, -0.2) is 12.1 Å². The Morgan fingerprint density at radius 2 is 1.68 bits per heavy atom. The summed E-state index contributed by atoms with van der Waals surface area (Å²) in [6, 6.07) is 20.2. The molecule has 0 N–H and O–H groups in total. The van der Waals surface area contributed by atoms with Gasteiger partial charge in [-0.2, -0.15) is 0 Å². The van der Waals surface area contributed by atoms with Gasteiger partial charge in [-0.15, -0.1) is 0 Å². The van der Waals surface area contributed by atoms with Crippen LogP contribution in [0.3, 0.4) is 0 Å². The molecule has 1 aliphatic carbocycles. The van der Waals surface area contributed by atoms with Crippen molar-refractivity contribution < 1.29 is 9.53 Å². The highest BCUT2D eigenvalue weighted by atomic mass is 16.5. The van der Waals surface area contributed by atoms with Crippen LogP contribution in [0.5, 0.6) is 0 Å². The van der Waals surface area contributed by atoms with Crippen LogP contribution in [0.2, 0.25) is 0 Å². The lowest BCUT2D eigenvalue weighted by Gasteiger charge is -2.36. The first-order valence-corrected chi connectivity index (χ1v) is 10.5. The standard InChI is InChI=1S/C26H32O2/c1-19(2)24-15-14-20(3)16-25(24)28-26(27)23(17-21-10-6-4-7-11-21)18-22-12-8-5-9-13-22/h4-13,17,19-20,24-25H,14-16,18H2,1-3H3/t20-,24+,25+/m0/s1. The molecule has 1 fully saturated rings. The molecular weight excluding hydrogens is 344 g/mol. The van der Waals surface area contributed by atoms with Gasteiger partial charge in [-0.1, -0.05) is 87.9 Å². The van der Waals surface area contributed by atoms with E-state index in [-0.39, 0.29) is 12.1 Å². The van der Waals surface area contributed by atoms with Crippen LogP contribution in [0, 0.1) is 17.8 Å². The Balaban J connectivity index is 1.82. The fourth-order valence-electron chi connectivity index (χ4n) is 4.21. The number of rotatable bonds is 6. The molecule has 2 heteroatoms. The van der Waals surface area contributed by atoms with E-state index in [9.17, 15) is 4.79 Å². The van der Waals surface area contributed by atoms with Crippen LogP contribution in [0.4, 0.5) is 0 Å². The summed E-state index contributed by atoms with van der Waals surface area (Å²) in [5, 5.41) is 0. The average Bonchev–Trinajstić information content (AvgIpc) is 2.69. The van der Waals surface area contributed by atoms with Gasteiger partial charge in [0.25, 0.3) is 0 Å². The van der Waals surface area contributed by atoms with E-state index in [1.807, 2.05) is 54.6 Å². The minimum atomic E-state index is -0.169. The van der Waals surface area contributed by atoms with Crippen molar-refractivity contribution in [2.24, 2.45) is 17.8 Å². The van der Waals surface area contributed by atoms with Gasteiger partial charge in [0.15, 0.2) is 0 Å². The molecule has 0 amide bonds. The third-order valence-corrected chi connectivity index (χ3v) is 5.86. The molecule has 0 heterocycles. The molecule has 0 aliphatic heterocycles. The van der Waals surface area contributed by atoms with Crippen molar-refractivity contribution in [3.63, 3.8) is 0 Å². The third-order valence-electron chi connectivity index (χ3n) is 5.86. The number of carbonyl (C=O) groups is 1. The van der Waals surface area contributed by atoms with E-state index in [1.165, 1.54) is 6.42 Å². The summed E-state index contributed by atoms with van der Waals surface area (Å²) in [7, 11) is 0. The summed E-state index contributed by atoms with van der Waals surface area (Å²) in [5.41, 5.74) is 2.87. The van der Waals surface area contributed by atoms with E-state index in [1.54, 1.807) is 0 Å². The zero-order valence-electron chi connectivity index (χ0n) is 17.3. The van der Waals surface area contributed by atoms with E-state index < -0.39 is 0 Å². The number of esters is 1. The van der Waals surface area contributed by atoms with Crippen molar-refractivity contribution in [3.8, 4) is 0 Å². The summed E-state index contributed by atoms with van der Waals surface area (Å²) in [5.74, 6) is 1.43. The van der Waals surface area contributed by atoms with Gasteiger partial charge in [-0.25, -0.2) is 4.79 Å². The second-order valence-corrected chi connectivity index (χ2v) is 8.51. The lowest BCUT2D eigenvalue weighted by molar-refractivity contribution is -0.151. The van der Waals surface area contributed by atoms with Gasteiger partial charge in [0.1, 0.15) is 6.10 Å². The van der Waals surface area contributed by atoms with Gasteiger partial charge >= 0.3 is 5.97 Å². The quantitative estimate of drug-likeness (QED) is 0.436. The summed E-state index contributed by atoms with van der Waals surface area (Å²) in [4.78, 5) is 13.2. The van der Waals surface area contributed by atoms with Crippen LogP contribution >= 0.6 is 0 Å². The average molecular weight is 377 g/mol. The number of benzene rings is 2. The Hall–Kier alpha value is -2.35. The maximum Gasteiger partial charge on any atom is 0.334 e. The fraction of sp³-hybridized carbons (Fsp3) is 0.423. The largest absolute Gasteiger partial charge is 0.459 e. The lowest BCUT2D eigenvalue weighted by Crippen LogP contribution is -2.36. The highest BCUT2D eigenvalue weighted by Crippen LogP contribution is 2.35. The molecule has 1 saturated carbocycles.